The van der Waals surface area contributed by atoms with Crippen LogP contribution in [0.5, 0.6) is 11.5 Å². The van der Waals surface area contributed by atoms with E-state index in [1.165, 1.54) is 30.4 Å². The number of hydrogen-bond donors (Lipinski definition) is 0. The molecule has 86 valence electrons. The first kappa shape index (κ1) is 10.8. The largest absolute Gasteiger partial charge is 0.456 e. The highest BCUT2D eigenvalue weighted by atomic mass is 79.9. The van der Waals surface area contributed by atoms with E-state index in [0.717, 1.165) is 16.0 Å². The number of hydrogen-bond acceptors (Lipinski definition) is 2. The van der Waals surface area contributed by atoms with Crippen LogP contribution < -0.4 is 4.74 Å². The smallest absolute Gasteiger partial charge is 0.146 e. The second-order valence-corrected chi connectivity index (χ2v) is 5.14. The lowest BCUT2D eigenvalue weighted by molar-refractivity contribution is 0.479. The van der Waals surface area contributed by atoms with Crippen LogP contribution in [0.1, 0.15) is 17.5 Å². The van der Waals surface area contributed by atoms with Crippen LogP contribution in [0.15, 0.2) is 41.1 Å². The van der Waals surface area contributed by atoms with Crippen molar-refractivity contribution in [2.75, 3.05) is 0 Å². The fourth-order valence-electron chi connectivity index (χ4n) is 2.20. The zero-order valence-electron chi connectivity index (χ0n) is 9.32. The summed E-state index contributed by atoms with van der Waals surface area (Å²) in [5, 5.41) is 0. The van der Waals surface area contributed by atoms with E-state index in [1.807, 2.05) is 12.1 Å². The number of halogens is 1. The van der Waals surface area contributed by atoms with Crippen LogP contribution >= 0.6 is 15.9 Å². The zero-order chi connectivity index (χ0) is 11.7. The molecule has 1 aromatic carbocycles. The lowest BCUT2D eigenvalue weighted by atomic mass is 10.1. The fraction of sp³-hybridized carbons (Fsp3) is 0.214. The van der Waals surface area contributed by atoms with Gasteiger partial charge in [-0.05, 0) is 64.5 Å². The predicted molar refractivity (Wildman–Crippen MR) is 70.5 cm³/mol. The quantitative estimate of drug-likeness (QED) is 0.829. The van der Waals surface area contributed by atoms with Gasteiger partial charge in [-0.15, -0.1) is 0 Å². The minimum atomic E-state index is 0.761. The van der Waals surface area contributed by atoms with Crippen molar-refractivity contribution in [3.63, 3.8) is 0 Å². The Morgan fingerprint density at radius 2 is 1.88 bits per heavy atom. The highest BCUT2D eigenvalue weighted by molar-refractivity contribution is 9.10. The SMILES string of the molecule is Brc1cncc(Oc2ccc3c(c2)CCC3)c1. The van der Waals surface area contributed by atoms with Crippen LogP contribution in [0.2, 0.25) is 0 Å². The molecule has 0 amide bonds. The van der Waals surface area contributed by atoms with E-state index in [-0.39, 0.29) is 0 Å². The molecule has 0 radical (unpaired) electrons. The van der Waals surface area contributed by atoms with Gasteiger partial charge in [0.1, 0.15) is 11.5 Å². The van der Waals surface area contributed by atoms with Crippen molar-refractivity contribution in [2.24, 2.45) is 0 Å². The lowest BCUT2D eigenvalue weighted by Gasteiger charge is -2.07. The van der Waals surface area contributed by atoms with Crippen LogP contribution in [0.4, 0.5) is 0 Å². The minimum Gasteiger partial charge on any atom is -0.456 e. The number of rotatable bonds is 2. The number of aryl methyl sites for hydroxylation is 2. The first-order valence-electron chi connectivity index (χ1n) is 5.71. The summed E-state index contributed by atoms with van der Waals surface area (Å²) in [6, 6.07) is 8.26. The molecule has 17 heavy (non-hydrogen) atoms. The van der Waals surface area contributed by atoms with Gasteiger partial charge in [-0.2, -0.15) is 0 Å². The fourth-order valence-corrected chi connectivity index (χ4v) is 2.54. The molecule has 0 spiro atoms. The van der Waals surface area contributed by atoms with Crippen LogP contribution in [0.25, 0.3) is 0 Å². The normalized spacial score (nSPS) is 13.5. The molecule has 0 unspecified atom stereocenters. The number of benzene rings is 1. The molecular formula is C14H12BrNO. The Bertz CT molecular complexity index is 554. The number of pyridine rings is 1. The summed E-state index contributed by atoms with van der Waals surface area (Å²) in [6.07, 6.45) is 7.10. The van der Waals surface area contributed by atoms with Gasteiger partial charge in [0.15, 0.2) is 0 Å². The summed E-state index contributed by atoms with van der Waals surface area (Å²) < 4.78 is 6.72. The van der Waals surface area contributed by atoms with Crippen molar-refractivity contribution in [1.82, 2.24) is 4.98 Å². The van der Waals surface area contributed by atoms with Gasteiger partial charge in [0.25, 0.3) is 0 Å². The molecule has 3 heteroatoms. The number of aromatic nitrogens is 1. The molecule has 0 N–H and O–H groups in total. The van der Waals surface area contributed by atoms with Crippen LogP contribution in [0, 0.1) is 0 Å². The van der Waals surface area contributed by atoms with Gasteiger partial charge in [-0.3, -0.25) is 4.98 Å². The average molecular weight is 290 g/mol. The summed E-state index contributed by atoms with van der Waals surface area (Å²) in [5.41, 5.74) is 2.88. The van der Waals surface area contributed by atoms with E-state index in [2.05, 4.69) is 33.0 Å². The van der Waals surface area contributed by atoms with Gasteiger partial charge in [-0.25, -0.2) is 0 Å². The first-order chi connectivity index (χ1) is 8.31. The summed E-state index contributed by atoms with van der Waals surface area (Å²) in [6.45, 7) is 0. The molecule has 1 heterocycles. The Kier molecular flexibility index (Phi) is 2.85. The Labute approximate surface area is 109 Å². The van der Waals surface area contributed by atoms with E-state index in [1.54, 1.807) is 12.4 Å². The standard InChI is InChI=1S/C14H12BrNO/c15-12-7-14(9-16-8-12)17-13-5-4-10-2-1-3-11(10)6-13/h4-9H,1-3H2. The second kappa shape index (κ2) is 4.49. The number of nitrogens with zero attached hydrogens (tertiary/aromatic N) is 1. The molecule has 0 fully saturated rings. The summed E-state index contributed by atoms with van der Waals surface area (Å²) in [7, 11) is 0. The van der Waals surface area contributed by atoms with Gasteiger partial charge in [-0.1, -0.05) is 6.07 Å². The van der Waals surface area contributed by atoms with Crippen molar-refractivity contribution >= 4 is 15.9 Å². The molecule has 0 atom stereocenters. The van der Waals surface area contributed by atoms with E-state index in [0.29, 0.717) is 0 Å². The molecule has 3 rings (SSSR count). The maximum atomic E-state index is 5.79. The summed E-state index contributed by atoms with van der Waals surface area (Å²) in [4.78, 5) is 4.08. The second-order valence-electron chi connectivity index (χ2n) is 4.22. The maximum absolute atomic E-state index is 5.79. The number of fused-ring (bicyclic) bond motifs is 1. The first-order valence-corrected chi connectivity index (χ1v) is 6.51. The van der Waals surface area contributed by atoms with Gasteiger partial charge < -0.3 is 4.74 Å². The van der Waals surface area contributed by atoms with Gasteiger partial charge in [0.2, 0.25) is 0 Å². The molecule has 0 aliphatic heterocycles. The van der Waals surface area contributed by atoms with E-state index < -0.39 is 0 Å². The highest BCUT2D eigenvalue weighted by Crippen LogP contribution is 2.29. The molecule has 0 bridgehead atoms. The molecular weight excluding hydrogens is 278 g/mol. The average Bonchev–Trinajstić information content (AvgIpc) is 2.76. The molecule has 1 aliphatic rings. The third-order valence-corrected chi connectivity index (χ3v) is 3.42. The molecule has 2 nitrogen and oxygen atoms in total. The van der Waals surface area contributed by atoms with E-state index in [9.17, 15) is 0 Å². The predicted octanol–water partition coefficient (Wildman–Crippen LogP) is 4.13. The van der Waals surface area contributed by atoms with Crippen LogP contribution in [0.3, 0.4) is 0 Å². The van der Waals surface area contributed by atoms with Crippen molar-refractivity contribution in [3.8, 4) is 11.5 Å². The Balaban J connectivity index is 1.86. The van der Waals surface area contributed by atoms with Crippen molar-refractivity contribution in [1.29, 1.82) is 0 Å². The molecule has 2 aromatic rings. The van der Waals surface area contributed by atoms with Crippen molar-refractivity contribution in [3.05, 3.63) is 52.3 Å². The van der Waals surface area contributed by atoms with E-state index in [4.69, 9.17) is 4.74 Å². The Hall–Kier alpha value is -1.35. The van der Waals surface area contributed by atoms with Gasteiger partial charge in [0.05, 0.1) is 6.20 Å². The minimum absolute atomic E-state index is 0.761. The van der Waals surface area contributed by atoms with Crippen LogP contribution in [-0.2, 0) is 12.8 Å². The monoisotopic (exact) mass is 289 g/mol. The van der Waals surface area contributed by atoms with Crippen LogP contribution in [-0.4, -0.2) is 4.98 Å². The van der Waals surface area contributed by atoms with Crippen molar-refractivity contribution < 1.29 is 4.74 Å². The molecule has 0 saturated carbocycles. The third kappa shape index (κ3) is 2.34. The van der Waals surface area contributed by atoms with E-state index >= 15 is 0 Å². The summed E-state index contributed by atoms with van der Waals surface area (Å²) in [5.74, 6) is 1.66. The zero-order valence-corrected chi connectivity index (χ0v) is 10.9. The highest BCUT2D eigenvalue weighted by Gasteiger charge is 2.11. The summed E-state index contributed by atoms with van der Waals surface area (Å²) >= 11 is 3.38. The third-order valence-electron chi connectivity index (χ3n) is 2.99. The Morgan fingerprint density at radius 3 is 2.76 bits per heavy atom. The Morgan fingerprint density at radius 1 is 1.00 bits per heavy atom. The number of ether oxygens (including phenoxy) is 1. The maximum Gasteiger partial charge on any atom is 0.146 e. The molecule has 0 saturated heterocycles. The molecule has 1 aromatic heterocycles. The molecule has 1 aliphatic carbocycles. The lowest BCUT2D eigenvalue weighted by Crippen LogP contribution is -1.88. The topological polar surface area (TPSA) is 22.1 Å². The van der Waals surface area contributed by atoms with Gasteiger partial charge >= 0.3 is 0 Å². The van der Waals surface area contributed by atoms with Gasteiger partial charge in [0, 0.05) is 10.7 Å². The van der Waals surface area contributed by atoms with Crippen molar-refractivity contribution in [2.45, 2.75) is 19.3 Å².